The molecule has 1 saturated carbocycles. The molecule has 1 aliphatic carbocycles. The molecule has 0 amide bonds. The van der Waals surface area contributed by atoms with Crippen LogP contribution in [0.3, 0.4) is 0 Å². The van der Waals surface area contributed by atoms with E-state index >= 15 is 0 Å². The molecule has 1 aliphatic rings. The summed E-state index contributed by atoms with van der Waals surface area (Å²) in [6, 6.07) is 17.3. The largest absolute Gasteiger partial charge is 0.493 e. The molecule has 0 spiro atoms. The highest BCUT2D eigenvalue weighted by molar-refractivity contribution is 7.88. The zero-order valence-electron chi connectivity index (χ0n) is 16.3. The standard InChI is InChI=1S/C22H24N2O4S/c1-29(25,26)23-13-12-16-4-10-21-18(14-16)5-11-22(24-21)28-20-8-6-19(7-9-20)27-15-17-2-3-17/h4-11,14,17,23H,2-3,12-13,15H2,1H3. The maximum Gasteiger partial charge on any atom is 0.219 e. The van der Waals surface area contributed by atoms with E-state index in [0.717, 1.165) is 41.0 Å². The van der Waals surface area contributed by atoms with Gasteiger partial charge in [-0.05, 0) is 73.2 Å². The maximum absolute atomic E-state index is 11.2. The third-order valence-corrected chi connectivity index (χ3v) is 5.46. The van der Waals surface area contributed by atoms with E-state index in [-0.39, 0.29) is 0 Å². The fourth-order valence-electron chi connectivity index (χ4n) is 2.97. The number of nitrogens with zero attached hydrogens (tertiary/aromatic N) is 1. The van der Waals surface area contributed by atoms with Crippen LogP contribution in [0.15, 0.2) is 54.6 Å². The highest BCUT2D eigenvalue weighted by Crippen LogP contribution is 2.30. The number of rotatable bonds is 9. The van der Waals surface area contributed by atoms with E-state index in [2.05, 4.69) is 9.71 Å². The van der Waals surface area contributed by atoms with E-state index in [0.29, 0.717) is 24.6 Å². The number of sulfonamides is 1. The predicted molar refractivity (Wildman–Crippen MR) is 113 cm³/mol. The normalized spacial score (nSPS) is 14.1. The minimum atomic E-state index is -3.17. The minimum Gasteiger partial charge on any atom is -0.493 e. The van der Waals surface area contributed by atoms with Gasteiger partial charge in [-0.15, -0.1) is 0 Å². The Morgan fingerprint density at radius 3 is 2.52 bits per heavy atom. The lowest BCUT2D eigenvalue weighted by Gasteiger charge is -2.09. The van der Waals surface area contributed by atoms with Crippen molar-refractivity contribution in [3.8, 4) is 17.4 Å². The van der Waals surface area contributed by atoms with Gasteiger partial charge in [-0.3, -0.25) is 0 Å². The van der Waals surface area contributed by atoms with Gasteiger partial charge in [-0.25, -0.2) is 18.1 Å². The number of aromatic nitrogens is 1. The second-order valence-corrected chi connectivity index (χ2v) is 9.25. The number of fused-ring (bicyclic) bond motifs is 1. The van der Waals surface area contributed by atoms with Crippen LogP contribution in [0.4, 0.5) is 0 Å². The van der Waals surface area contributed by atoms with Gasteiger partial charge in [0.1, 0.15) is 11.5 Å². The highest BCUT2D eigenvalue weighted by Gasteiger charge is 2.21. The van der Waals surface area contributed by atoms with Crippen molar-refractivity contribution < 1.29 is 17.9 Å². The van der Waals surface area contributed by atoms with Crippen LogP contribution in [0.5, 0.6) is 17.4 Å². The molecule has 3 aromatic rings. The lowest BCUT2D eigenvalue weighted by Crippen LogP contribution is -2.24. The van der Waals surface area contributed by atoms with Crippen molar-refractivity contribution >= 4 is 20.9 Å². The van der Waals surface area contributed by atoms with E-state index in [4.69, 9.17) is 9.47 Å². The molecule has 152 valence electrons. The quantitative estimate of drug-likeness (QED) is 0.577. The molecule has 1 N–H and O–H groups in total. The molecule has 2 aromatic carbocycles. The summed E-state index contributed by atoms with van der Waals surface area (Å²) in [5.41, 5.74) is 1.87. The highest BCUT2D eigenvalue weighted by atomic mass is 32.2. The van der Waals surface area contributed by atoms with E-state index in [1.54, 1.807) is 0 Å². The van der Waals surface area contributed by atoms with E-state index < -0.39 is 10.0 Å². The molecule has 0 unspecified atom stereocenters. The number of benzene rings is 2. The third kappa shape index (κ3) is 5.92. The number of nitrogens with one attached hydrogen (secondary N) is 1. The molecule has 4 rings (SSSR count). The Morgan fingerprint density at radius 1 is 1.03 bits per heavy atom. The van der Waals surface area contributed by atoms with E-state index in [1.165, 1.54) is 12.8 Å². The van der Waals surface area contributed by atoms with Gasteiger partial charge in [-0.2, -0.15) is 0 Å². The smallest absolute Gasteiger partial charge is 0.219 e. The van der Waals surface area contributed by atoms with Crippen molar-refractivity contribution in [2.75, 3.05) is 19.4 Å². The van der Waals surface area contributed by atoms with Crippen LogP contribution < -0.4 is 14.2 Å². The molecule has 1 heterocycles. The number of pyridine rings is 1. The Labute approximate surface area is 170 Å². The van der Waals surface area contributed by atoms with Crippen LogP contribution in [-0.4, -0.2) is 32.8 Å². The fraction of sp³-hybridized carbons (Fsp3) is 0.318. The van der Waals surface area contributed by atoms with Crippen molar-refractivity contribution in [1.82, 2.24) is 9.71 Å². The number of hydrogen-bond acceptors (Lipinski definition) is 5. The summed E-state index contributed by atoms with van der Waals surface area (Å²) in [5.74, 6) is 2.81. The number of ether oxygens (including phenoxy) is 2. The molecule has 7 heteroatoms. The van der Waals surface area contributed by atoms with Gasteiger partial charge in [0.2, 0.25) is 15.9 Å². The Morgan fingerprint density at radius 2 is 1.79 bits per heavy atom. The molecule has 6 nitrogen and oxygen atoms in total. The first-order valence-electron chi connectivity index (χ1n) is 9.70. The van der Waals surface area contributed by atoms with Crippen molar-refractivity contribution in [3.05, 3.63) is 60.2 Å². The number of hydrogen-bond donors (Lipinski definition) is 1. The molecule has 0 radical (unpaired) electrons. The average molecular weight is 413 g/mol. The summed E-state index contributed by atoms with van der Waals surface area (Å²) in [6.45, 7) is 1.16. The first-order valence-corrected chi connectivity index (χ1v) is 11.6. The Kier molecular flexibility index (Phi) is 5.69. The topological polar surface area (TPSA) is 77.5 Å². The Hall–Kier alpha value is -2.64. The minimum absolute atomic E-state index is 0.374. The van der Waals surface area contributed by atoms with Crippen LogP contribution in [0.1, 0.15) is 18.4 Å². The van der Waals surface area contributed by atoms with E-state index in [1.807, 2.05) is 54.6 Å². The first kappa shape index (κ1) is 19.7. The monoisotopic (exact) mass is 412 g/mol. The molecule has 29 heavy (non-hydrogen) atoms. The molecule has 1 fully saturated rings. The zero-order chi connectivity index (χ0) is 20.3. The molecular formula is C22H24N2O4S. The van der Waals surface area contributed by atoms with Crippen LogP contribution in [0, 0.1) is 5.92 Å². The maximum atomic E-state index is 11.2. The van der Waals surface area contributed by atoms with Crippen molar-refractivity contribution in [1.29, 1.82) is 0 Å². The van der Waals surface area contributed by atoms with Gasteiger partial charge in [0.15, 0.2) is 0 Å². The average Bonchev–Trinajstić information content (AvgIpc) is 3.51. The summed E-state index contributed by atoms with van der Waals surface area (Å²) in [4.78, 5) is 4.56. The van der Waals surface area contributed by atoms with Crippen molar-refractivity contribution in [2.24, 2.45) is 5.92 Å². The summed E-state index contributed by atoms with van der Waals surface area (Å²) in [6.07, 6.45) is 4.33. The van der Waals surface area contributed by atoms with Gasteiger partial charge in [0.05, 0.1) is 18.4 Å². The molecule has 0 atom stereocenters. The summed E-state index contributed by atoms with van der Waals surface area (Å²) < 4.78 is 36.4. The third-order valence-electron chi connectivity index (χ3n) is 4.73. The van der Waals surface area contributed by atoms with E-state index in [9.17, 15) is 8.42 Å². The van der Waals surface area contributed by atoms with Gasteiger partial charge >= 0.3 is 0 Å². The fourth-order valence-corrected chi connectivity index (χ4v) is 3.45. The van der Waals surface area contributed by atoms with Crippen LogP contribution >= 0.6 is 0 Å². The second-order valence-electron chi connectivity index (χ2n) is 7.42. The second kappa shape index (κ2) is 8.39. The molecular weight excluding hydrogens is 388 g/mol. The predicted octanol–water partition coefficient (Wildman–Crippen LogP) is 3.91. The summed E-state index contributed by atoms with van der Waals surface area (Å²) >= 11 is 0. The molecule has 0 aliphatic heterocycles. The SMILES string of the molecule is CS(=O)(=O)NCCc1ccc2nc(Oc3ccc(OCC4CC4)cc3)ccc2c1. The van der Waals surface area contributed by atoms with Gasteiger partial charge < -0.3 is 9.47 Å². The Bertz CT molecular complexity index is 1090. The van der Waals surface area contributed by atoms with Crippen molar-refractivity contribution in [3.63, 3.8) is 0 Å². The molecule has 0 bridgehead atoms. The summed E-state index contributed by atoms with van der Waals surface area (Å²) in [7, 11) is -3.17. The zero-order valence-corrected chi connectivity index (χ0v) is 17.1. The van der Waals surface area contributed by atoms with Gasteiger partial charge in [0, 0.05) is 18.0 Å². The van der Waals surface area contributed by atoms with Crippen LogP contribution in [-0.2, 0) is 16.4 Å². The lowest BCUT2D eigenvalue weighted by atomic mass is 10.1. The van der Waals surface area contributed by atoms with Crippen molar-refractivity contribution in [2.45, 2.75) is 19.3 Å². The first-order chi connectivity index (χ1) is 13.9. The lowest BCUT2D eigenvalue weighted by molar-refractivity contribution is 0.299. The van der Waals surface area contributed by atoms with Crippen LogP contribution in [0.2, 0.25) is 0 Å². The summed E-state index contributed by atoms with van der Waals surface area (Å²) in [5, 5.41) is 0.984. The molecule has 0 saturated heterocycles. The Balaban J connectivity index is 1.38. The van der Waals surface area contributed by atoms with Gasteiger partial charge in [0.25, 0.3) is 0 Å². The molecule has 1 aromatic heterocycles. The van der Waals surface area contributed by atoms with Gasteiger partial charge in [-0.1, -0.05) is 6.07 Å². The van der Waals surface area contributed by atoms with Crippen LogP contribution in [0.25, 0.3) is 10.9 Å².